The third-order valence-corrected chi connectivity index (χ3v) is 4.56. The Bertz CT molecular complexity index is 539. The minimum Gasteiger partial charge on any atom is -0.481 e. The highest BCUT2D eigenvalue weighted by atomic mass is 16.5. The molecular formula is C19H31N3O2. The van der Waals surface area contributed by atoms with Crippen molar-refractivity contribution in [3.63, 3.8) is 0 Å². The summed E-state index contributed by atoms with van der Waals surface area (Å²) in [4.78, 5) is 17.0. The molecule has 1 N–H and O–H groups in total. The SMILES string of the molecule is Cc1ccc(C)c(OC(C)C(=O)NCCCN2CCN(C)CC2)c1. The van der Waals surface area contributed by atoms with Gasteiger partial charge in [0.2, 0.25) is 0 Å². The van der Waals surface area contributed by atoms with Crippen molar-refractivity contribution in [1.29, 1.82) is 0 Å². The Labute approximate surface area is 146 Å². The van der Waals surface area contributed by atoms with Gasteiger partial charge in [-0.25, -0.2) is 0 Å². The molecule has 0 spiro atoms. The van der Waals surface area contributed by atoms with Crippen LogP contribution in [-0.2, 0) is 4.79 Å². The number of rotatable bonds is 7. The van der Waals surface area contributed by atoms with Crippen LogP contribution in [0.15, 0.2) is 18.2 Å². The van der Waals surface area contributed by atoms with E-state index in [4.69, 9.17) is 4.74 Å². The third kappa shape index (κ3) is 5.80. The number of piperazine rings is 1. The van der Waals surface area contributed by atoms with Crippen molar-refractivity contribution in [2.45, 2.75) is 33.3 Å². The summed E-state index contributed by atoms with van der Waals surface area (Å²) in [5, 5.41) is 2.98. The van der Waals surface area contributed by atoms with Gasteiger partial charge in [-0.1, -0.05) is 12.1 Å². The number of carbonyl (C=O) groups is 1. The molecule has 24 heavy (non-hydrogen) atoms. The van der Waals surface area contributed by atoms with Gasteiger partial charge in [0.15, 0.2) is 6.10 Å². The van der Waals surface area contributed by atoms with Crippen molar-refractivity contribution in [2.24, 2.45) is 0 Å². The number of carbonyl (C=O) groups excluding carboxylic acids is 1. The Balaban J connectivity index is 1.67. The topological polar surface area (TPSA) is 44.8 Å². The Morgan fingerprint density at radius 1 is 1.25 bits per heavy atom. The number of likely N-dealkylation sites (N-methyl/N-ethyl adjacent to an activating group) is 1. The number of benzene rings is 1. The van der Waals surface area contributed by atoms with Crippen molar-refractivity contribution in [3.8, 4) is 5.75 Å². The monoisotopic (exact) mass is 333 g/mol. The Morgan fingerprint density at radius 2 is 1.96 bits per heavy atom. The first-order valence-electron chi connectivity index (χ1n) is 8.88. The van der Waals surface area contributed by atoms with Gasteiger partial charge < -0.3 is 19.9 Å². The Hall–Kier alpha value is -1.59. The van der Waals surface area contributed by atoms with Gasteiger partial charge in [0.1, 0.15) is 5.75 Å². The lowest BCUT2D eigenvalue weighted by Gasteiger charge is -2.32. The minimum atomic E-state index is -0.478. The van der Waals surface area contributed by atoms with Gasteiger partial charge in [0, 0.05) is 32.7 Å². The van der Waals surface area contributed by atoms with Crippen molar-refractivity contribution in [2.75, 3.05) is 46.3 Å². The second kappa shape index (κ2) is 9.04. The number of hydrogen-bond donors (Lipinski definition) is 1. The fourth-order valence-corrected chi connectivity index (χ4v) is 2.81. The maximum atomic E-state index is 12.2. The molecule has 0 radical (unpaired) electrons. The molecule has 5 nitrogen and oxygen atoms in total. The van der Waals surface area contributed by atoms with Crippen LogP contribution in [0.1, 0.15) is 24.5 Å². The first kappa shape index (κ1) is 18.7. The molecule has 0 bridgehead atoms. The van der Waals surface area contributed by atoms with Crippen LogP contribution < -0.4 is 10.1 Å². The van der Waals surface area contributed by atoms with Crippen LogP contribution >= 0.6 is 0 Å². The van der Waals surface area contributed by atoms with Crippen molar-refractivity contribution >= 4 is 5.91 Å². The van der Waals surface area contributed by atoms with Crippen molar-refractivity contribution < 1.29 is 9.53 Å². The van der Waals surface area contributed by atoms with Crippen molar-refractivity contribution in [1.82, 2.24) is 15.1 Å². The van der Waals surface area contributed by atoms with Crippen LogP contribution in [0.25, 0.3) is 0 Å². The fourth-order valence-electron chi connectivity index (χ4n) is 2.81. The number of ether oxygens (including phenoxy) is 1. The van der Waals surface area contributed by atoms with Crippen LogP contribution in [0.5, 0.6) is 5.75 Å². The molecule has 5 heteroatoms. The summed E-state index contributed by atoms with van der Waals surface area (Å²) < 4.78 is 5.82. The summed E-state index contributed by atoms with van der Waals surface area (Å²) in [5.41, 5.74) is 2.19. The summed E-state index contributed by atoms with van der Waals surface area (Å²) >= 11 is 0. The number of amides is 1. The second-order valence-corrected chi connectivity index (χ2v) is 6.82. The molecule has 1 aliphatic rings. The molecule has 1 fully saturated rings. The zero-order chi connectivity index (χ0) is 17.5. The molecule has 0 aliphatic carbocycles. The van der Waals surface area contributed by atoms with E-state index in [-0.39, 0.29) is 5.91 Å². The summed E-state index contributed by atoms with van der Waals surface area (Å²) in [7, 11) is 2.16. The number of aryl methyl sites for hydroxylation is 2. The van der Waals surface area contributed by atoms with Crippen LogP contribution in [0, 0.1) is 13.8 Å². The van der Waals surface area contributed by atoms with Gasteiger partial charge in [-0.2, -0.15) is 0 Å². The summed E-state index contributed by atoms with van der Waals surface area (Å²) in [6.45, 7) is 12.1. The van der Waals surface area contributed by atoms with Gasteiger partial charge in [-0.3, -0.25) is 4.79 Å². The average Bonchev–Trinajstić information content (AvgIpc) is 2.56. The zero-order valence-corrected chi connectivity index (χ0v) is 15.5. The van der Waals surface area contributed by atoms with E-state index in [1.165, 1.54) is 0 Å². The van der Waals surface area contributed by atoms with E-state index in [2.05, 4.69) is 22.2 Å². The highest BCUT2D eigenvalue weighted by Crippen LogP contribution is 2.20. The normalized spacial score (nSPS) is 17.5. The lowest BCUT2D eigenvalue weighted by Crippen LogP contribution is -2.45. The largest absolute Gasteiger partial charge is 0.481 e. The van der Waals surface area contributed by atoms with Gasteiger partial charge in [0.05, 0.1) is 0 Å². The van der Waals surface area contributed by atoms with Crippen LogP contribution in [0.3, 0.4) is 0 Å². The van der Waals surface area contributed by atoms with Gasteiger partial charge in [-0.15, -0.1) is 0 Å². The lowest BCUT2D eigenvalue weighted by atomic mass is 10.1. The highest BCUT2D eigenvalue weighted by molar-refractivity contribution is 5.80. The molecule has 1 amide bonds. The Kier molecular flexibility index (Phi) is 7.06. The molecule has 0 aromatic heterocycles. The molecular weight excluding hydrogens is 302 g/mol. The van der Waals surface area contributed by atoms with Crippen LogP contribution in [0.2, 0.25) is 0 Å². The quantitative estimate of drug-likeness (QED) is 0.773. The van der Waals surface area contributed by atoms with Gasteiger partial charge in [0.25, 0.3) is 5.91 Å². The highest BCUT2D eigenvalue weighted by Gasteiger charge is 2.16. The summed E-state index contributed by atoms with van der Waals surface area (Å²) in [6.07, 6.45) is 0.500. The number of nitrogens with zero attached hydrogens (tertiary/aromatic N) is 2. The maximum Gasteiger partial charge on any atom is 0.260 e. The summed E-state index contributed by atoms with van der Waals surface area (Å²) in [6, 6.07) is 6.04. The molecule has 1 aromatic carbocycles. The average molecular weight is 333 g/mol. The predicted molar refractivity (Wildman–Crippen MR) is 97.6 cm³/mol. The van der Waals surface area contributed by atoms with Crippen molar-refractivity contribution in [3.05, 3.63) is 29.3 Å². The van der Waals surface area contributed by atoms with E-state index < -0.39 is 6.10 Å². The van der Waals surface area contributed by atoms with Crippen LogP contribution in [0.4, 0.5) is 0 Å². The predicted octanol–water partition coefficient (Wildman–Crippen LogP) is 1.82. The van der Waals surface area contributed by atoms with E-state index >= 15 is 0 Å². The fraction of sp³-hybridized carbons (Fsp3) is 0.632. The Morgan fingerprint density at radius 3 is 2.67 bits per heavy atom. The molecule has 1 unspecified atom stereocenters. The second-order valence-electron chi connectivity index (χ2n) is 6.82. The summed E-state index contributed by atoms with van der Waals surface area (Å²) in [5.74, 6) is 0.740. The molecule has 1 atom stereocenters. The van der Waals surface area contributed by atoms with E-state index in [1.807, 2.05) is 32.0 Å². The molecule has 1 heterocycles. The standard InChI is InChI=1S/C19H31N3O2/c1-15-6-7-16(2)18(14-15)24-17(3)19(23)20-8-5-9-22-12-10-21(4)11-13-22/h6-7,14,17H,5,8-13H2,1-4H3,(H,20,23). The zero-order valence-electron chi connectivity index (χ0n) is 15.5. The number of hydrogen-bond acceptors (Lipinski definition) is 4. The maximum absolute atomic E-state index is 12.2. The van der Waals surface area contributed by atoms with E-state index in [1.54, 1.807) is 6.92 Å². The first-order chi connectivity index (χ1) is 11.5. The first-order valence-corrected chi connectivity index (χ1v) is 8.88. The van der Waals surface area contributed by atoms with E-state index in [0.717, 1.165) is 56.0 Å². The third-order valence-electron chi connectivity index (χ3n) is 4.56. The van der Waals surface area contributed by atoms with Crippen LogP contribution in [-0.4, -0.2) is 68.1 Å². The molecule has 1 saturated heterocycles. The number of nitrogens with one attached hydrogen (secondary N) is 1. The van der Waals surface area contributed by atoms with Gasteiger partial charge >= 0.3 is 0 Å². The molecule has 1 aromatic rings. The minimum absolute atomic E-state index is 0.0470. The molecule has 2 rings (SSSR count). The molecule has 0 saturated carbocycles. The molecule has 134 valence electrons. The van der Waals surface area contributed by atoms with E-state index in [9.17, 15) is 4.79 Å². The molecule has 1 aliphatic heterocycles. The lowest BCUT2D eigenvalue weighted by molar-refractivity contribution is -0.127. The van der Waals surface area contributed by atoms with Gasteiger partial charge in [-0.05, 0) is 58.0 Å². The van der Waals surface area contributed by atoms with E-state index in [0.29, 0.717) is 6.54 Å². The smallest absolute Gasteiger partial charge is 0.260 e.